The second kappa shape index (κ2) is 11.7. The van der Waals surface area contributed by atoms with Crippen LogP contribution in [-0.2, 0) is 22.7 Å². The van der Waals surface area contributed by atoms with Crippen molar-refractivity contribution in [2.75, 3.05) is 6.61 Å². The molecule has 7 nitrogen and oxygen atoms in total. The standard InChI is InChI=1S/C26H27IN2O5/c27-12-11-20-14-29(26(32)28-25(20)31)22-13-23(34-16-19-9-5-2-6-10-19)21(24(22)30)17-33-15-18-7-3-1-4-8-18/h1-12,14,21-24,30H,13,15-17H2,(H,28,31,32)/t21-,22+,23+,24+/m1/s1. The van der Waals surface area contributed by atoms with Crippen molar-refractivity contribution in [2.45, 2.75) is 37.9 Å². The molecule has 0 unspecified atom stereocenters. The summed E-state index contributed by atoms with van der Waals surface area (Å²) in [6.45, 7) is 1.09. The van der Waals surface area contributed by atoms with E-state index in [1.807, 2.05) is 83.3 Å². The smallest absolute Gasteiger partial charge is 0.328 e. The first-order chi connectivity index (χ1) is 16.6. The van der Waals surface area contributed by atoms with Gasteiger partial charge in [0.15, 0.2) is 0 Å². The molecule has 2 N–H and O–H groups in total. The number of hydrogen-bond acceptors (Lipinski definition) is 5. The molecule has 1 aromatic heterocycles. The maximum absolute atomic E-state index is 12.6. The summed E-state index contributed by atoms with van der Waals surface area (Å²) in [5.41, 5.74) is 1.42. The molecule has 8 heteroatoms. The van der Waals surface area contributed by atoms with Crippen molar-refractivity contribution in [3.63, 3.8) is 0 Å². The Hall–Kier alpha value is -2.53. The van der Waals surface area contributed by atoms with Crippen LogP contribution in [0.1, 0.15) is 29.2 Å². The molecule has 1 heterocycles. The second-order valence-corrected chi connectivity index (χ2v) is 9.06. The maximum Gasteiger partial charge on any atom is 0.328 e. The Kier molecular flexibility index (Phi) is 8.49. The molecule has 34 heavy (non-hydrogen) atoms. The SMILES string of the molecule is O=c1[nH]c(=O)n([C@H]2C[C@H](OCc3ccccc3)[C@@H](COCc3ccccc3)[C@@H]2O)cc1C=CI. The van der Waals surface area contributed by atoms with E-state index >= 15 is 0 Å². The number of halogens is 1. The average Bonchev–Trinajstić information content (AvgIpc) is 3.16. The van der Waals surface area contributed by atoms with E-state index in [0.29, 0.717) is 25.2 Å². The molecule has 0 bridgehead atoms. The number of nitrogens with zero attached hydrogens (tertiary/aromatic N) is 1. The molecule has 0 radical (unpaired) electrons. The summed E-state index contributed by atoms with van der Waals surface area (Å²) in [6.07, 6.45) is 2.36. The van der Waals surface area contributed by atoms with Crippen molar-refractivity contribution in [3.05, 3.63) is 108 Å². The number of rotatable bonds is 9. The third kappa shape index (κ3) is 5.93. The van der Waals surface area contributed by atoms with Crippen LogP contribution in [0.5, 0.6) is 0 Å². The predicted molar refractivity (Wildman–Crippen MR) is 139 cm³/mol. The molecule has 1 fully saturated rings. The first-order valence-corrected chi connectivity index (χ1v) is 12.4. The van der Waals surface area contributed by atoms with Gasteiger partial charge in [-0.05, 0) is 27.7 Å². The molecule has 4 rings (SSSR count). The highest BCUT2D eigenvalue weighted by Crippen LogP contribution is 2.37. The summed E-state index contributed by atoms with van der Waals surface area (Å²) >= 11 is 2.02. The van der Waals surface area contributed by atoms with Crippen LogP contribution in [0.4, 0.5) is 0 Å². The van der Waals surface area contributed by atoms with Crippen molar-refractivity contribution < 1.29 is 14.6 Å². The van der Waals surface area contributed by atoms with Crippen molar-refractivity contribution in [1.29, 1.82) is 0 Å². The molecular formula is C26H27IN2O5. The maximum atomic E-state index is 12.6. The highest BCUT2D eigenvalue weighted by Gasteiger charge is 2.44. The summed E-state index contributed by atoms with van der Waals surface area (Å²) in [6, 6.07) is 19.1. The van der Waals surface area contributed by atoms with Gasteiger partial charge in [0.05, 0.1) is 43.6 Å². The first kappa shape index (κ1) is 24.6. The van der Waals surface area contributed by atoms with Crippen LogP contribution >= 0.6 is 22.6 Å². The highest BCUT2D eigenvalue weighted by atomic mass is 127. The number of aliphatic hydroxyl groups is 1. The van der Waals surface area contributed by atoms with Gasteiger partial charge in [-0.2, -0.15) is 0 Å². The van der Waals surface area contributed by atoms with Gasteiger partial charge in [0.1, 0.15) is 0 Å². The van der Waals surface area contributed by atoms with Crippen LogP contribution in [0, 0.1) is 5.92 Å². The fraction of sp³-hybridized carbons (Fsp3) is 0.308. The van der Waals surface area contributed by atoms with E-state index < -0.39 is 23.4 Å². The summed E-state index contributed by atoms with van der Waals surface area (Å²) in [4.78, 5) is 27.1. The van der Waals surface area contributed by atoms with E-state index in [9.17, 15) is 14.7 Å². The number of H-pyrrole nitrogens is 1. The molecule has 4 atom stereocenters. The summed E-state index contributed by atoms with van der Waals surface area (Å²) < 4.78 is 15.3. The van der Waals surface area contributed by atoms with Crippen LogP contribution in [0.15, 0.2) is 80.5 Å². The molecule has 0 saturated heterocycles. The van der Waals surface area contributed by atoms with Crippen molar-refractivity contribution in [2.24, 2.45) is 5.92 Å². The Morgan fingerprint density at radius 1 is 1.03 bits per heavy atom. The van der Waals surface area contributed by atoms with Crippen molar-refractivity contribution in [1.82, 2.24) is 9.55 Å². The zero-order valence-electron chi connectivity index (χ0n) is 18.5. The van der Waals surface area contributed by atoms with Crippen LogP contribution in [0.3, 0.4) is 0 Å². The molecule has 1 saturated carbocycles. The summed E-state index contributed by atoms with van der Waals surface area (Å²) in [5, 5.41) is 11.3. The number of nitrogens with one attached hydrogen (secondary N) is 1. The number of aromatic nitrogens is 2. The Morgan fingerprint density at radius 2 is 1.68 bits per heavy atom. The van der Waals surface area contributed by atoms with Gasteiger partial charge in [-0.25, -0.2) is 4.79 Å². The lowest BCUT2D eigenvalue weighted by atomic mass is 10.0. The Balaban J connectivity index is 1.54. The molecule has 0 amide bonds. The van der Waals surface area contributed by atoms with Gasteiger partial charge in [0.25, 0.3) is 5.56 Å². The molecule has 3 aromatic rings. The largest absolute Gasteiger partial charge is 0.390 e. The van der Waals surface area contributed by atoms with Gasteiger partial charge < -0.3 is 14.6 Å². The predicted octanol–water partition coefficient (Wildman–Crippen LogP) is 3.67. The van der Waals surface area contributed by atoms with Gasteiger partial charge >= 0.3 is 5.69 Å². The fourth-order valence-electron chi connectivity index (χ4n) is 4.33. The van der Waals surface area contributed by atoms with Crippen LogP contribution < -0.4 is 11.2 Å². The van der Waals surface area contributed by atoms with Gasteiger partial charge in [0.2, 0.25) is 0 Å². The Labute approximate surface area is 211 Å². The minimum Gasteiger partial charge on any atom is -0.390 e. The van der Waals surface area contributed by atoms with E-state index in [0.717, 1.165) is 11.1 Å². The molecular weight excluding hydrogens is 547 g/mol. The van der Waals surface area contributed by atoms with Crippen LogP contribution in [0.25, 0.3) is 6.08 Å². The van der Waals surface area contributed by atoms with Crippen molar-refractivity contribution >= 4 is 28.7 Å². The first-order valence-electron chi connectivity index (χ1n) is 11.1. The normalized spacial score (nSPS) is 22.4. The van der Waals surface area contributed by atoms with E-state index in [1.165, 1.54) is 10.8 Å². The van der Waals surface area contributed by atoms with E-state index in [4.69, 9.17) is 9.47 Å². The van der Waals surface area contributed by atoms with Gasteiger partial charge in [-0.1, -0.05) is 83.3 Å². The molecule has 0 aliphatic heterocycles. The van der Waals surface area contributed by atoms with Gasteiger partial charge in [0, 0.05) is 12.1 Å². The monoisotopic (exact) mass is 574 g/mol. The number of benzene rings is 2. The van der Waals surface area contributed by atoms with Crippen LogP contribution in [0.2, 0.25) is 0 Å². The average molecular weight is 574 g/mol. The molecule has 178 valence electrons. The second-order valence-electron chi connectivity index (χ2n) is 8.34. The van der Waals surface area contributed by atoms with E-state index in [2.05, 4.69) is 4.98 Å². The number of aliphatic hydroxyl groups excluding tert-OH is 1. The third-order valence-corrected chi connectivity index (χ3v) is 6.47. The van der Waals surface area contributed by atoms with Gasteiger partial charge in [-0.15, -0.1) is 0 Å². The van der Waals surface area contributed by atoms with Gasteiger partial charge in [-0.3, -0.25) is 14.3 Å². The van der Waals surface area contributed by atoms with E-state index in [-0.39, 0.29) is 18.6 Å². The zero-order chi connectivity index (χ0) is 23.9. The van der Waals surface area contributed by atoms with Crippen LogP contribution in [-0.4, -0.2) is 33.5 Å². The van der Waals surface area contributed by atoms with E-state index in [1.54, 1.807) is 10.2 Å². The topological polar surface area (TPSA) is 93.6 Å². The third-order valence-electron chi connectivity index (χ3n) is 6.11. The lowest BCUT2D eigenvalue weighted by Crippen LogP contribution is -2.37. The number of aromatic amines is 1. The summed E-state index contributed by atoms with van der Waals surface area (Å²) in [7, 11) is 0. The van der Waals surface area contributed by atoms with Crippen molar-refractivity contribution in [3.8, 4) is 0 Å². The molecule has 2 aromatic carbocycles. The zero-order valence-corrected chi connectivity index (χ0v) is 20.7. The number of ether oxygens (including phenoxy) is 2. The Morgan fingerprint density at radius 3 is 2.32 bits per heavy atom. The molecule has 1 aliphatic rings. The quantitative estimate of drug-likeness (QED) is 0.381. The lowest BCUT2D eigenvalue weighted by molar-refractivity contribution is -0.0476. The highest BCUT2D eigenvalue weighted by molar-refractivity contribution is 14.1. The Bertz CT molecular complexity index is 1210. The minimum absolute atomic E-state index is 0.282. The molecule has 1 aliphatic carbocycles. The lowest BCUT2D eigenvalue weighted by Gasteiger charge is -2.23. The number of hydrogen-bond donors (Lipinski definition) is 2. The molecule has 0 spiro atoms. The summed E-state index contributed by atoms with van der Waals surface area (Å²) in [5.74, 6) is -0.334. The fourth-order valence-corrected chi connectivity index (χ4v) is 4.72. The minimum atomic E-state index is -0.878.